The standard InChI is InChI=1S/C16H25N3O2/c1-12-15(9-17-19(12)14-6-2-3-7-14)16(21)18-8-4-5-13(10-18)11-20/h9,13-14,20H,2-8,10-11H2,1H3. The van der Waals surface area contributed by atoms with Crippen molar-refractivity contribution < 1.29 is 9.90 Å². The van der Waals surface area contributed by atoms with E-state index in [9.17, 15) is 9.90 Å². The molecule has 1 saturated heterocycles. The van der Waals surface area contributed by atoms with E-state index in [-0.39, 0.29) is 18.4 Å². The SMILES string of the molecule is Cc1c(C(=O)N2CCCC(CO)C2)cnn1C1CCCC1. The van der Waals surface area contributed by atoms with E-state index in [0.717, 1.165) is 30.6 Å². The molecule has 2 heterocycles. The first-order valence-corrected chi connectivity index (χ1v) is 8.15. The van der Waals surface area contributed by atoms with Gasteiger partial charge >= 0.3 is 0 Å². The summed E-state index contributed by atoms with van der Waals surface area (Å²) >= 11 is 0. The van der Waals surface area contributed by atoms with Crippen LogP contribution in [0.1, 0.15) is 60.6 Å². The minimum absolute atomic E-state index is 0.0786. The Morgan fingerprint density at radius 1 is 1.33 bits per heavy atom. The molecule has 1 aromatic rings. The molecule has 1 unspecified atom stereocenters. The van der Waals surface area contributed by atoms with Crippen molar-refractivity contribution in [3.63, 3.8) is 0 Å². The number of piperidine rings is 1. The van der Waals surface area contributed by atoms with Crippen LogP contribution in [-0.2, 0) is 0 Å². The van der Waals surface area contributed by atoms with Crippen molar-refractivity contribution in [1.82, 2.24) is 14.7 Å². The average molecular weight is 291 g/mol. The molecule has 5 heteroatoms. The molecule has 1 aromatic heterocycles. The predicted molar refractivity (Wildman–Crippen MR) is 80.2 cm³/mol. The Hall–Kier alpha value is -1.36. The number of hydrogen-bond acceptors (Lipinski definition) is 3. The van der Waals surface area contributed by atoms with E-state index >= 15 is 0 Å². The monoisotopic (exact) mass is 291 g/mol. The zero-order valence-electron chi connectivity index (χ0n) is 12.8. The molecule has 1 amide bonds. The van der Waals surface area contributed by atoms with Gasteiger partial charge in [-0.15, -0.1) is 0 Å². The molecule has 0 bridgehead atoms. The largest absolute Gasteiger partial charge is 0.396 e. The van der Waals surface area contributed by atoms with Gasteiger partial charge in [-0.25, -0.2) is 0 Å². The highest BCUT2D eigenvalue weighted by Crippen LogP contribution is 2.31. The third-order valence-corrected chi connectivity index (χ3v) is 5.01. The maximum Gasteiger partial charge on any atom is 0.257 e. The smallest absolute Gasteiger partial charge is 0.257 e. The normalized spacial score (nSPS) is 23.7. The highest BCUT2D eigenvalue weighted by Gasteiger charge is 2.28. The Balaban J connectivity index is 1.75. The lowest BCUT2D eigenvalue weighted by atomic mass is 9.98. The van der Waals surface area contributed by atoms with Crippen LogP contribution in [-0.4, -0.2) is 45.4 Å². The third-order valence-electron chi connectivity index (χ3n) is 5.01. The van der Waals surface area contributed by atoms with Crippen molar-refractivity contribution in [1.29, 1.82) is 0 Å². The number of carbonyl (C=O) groups is 1. The van der Waals surface area contributed by atoms with Crippen LogP contribution in [0.5, 0.6) is 0 Å². The second kappa shape index (κ2) is 6.18. The van der Waals surface area contributed by atoms with Crippen molar-refractivity contribution in [2.45, 2.75) is 51.5 Å². The first-order valence-electron chi connectivity index (χ1n) is 8.15. The number of amides is 1. The van der Waals surface area contributed by atoms with E-state index < -0.39 is 0 Å². The van der Waals surface area contributed by atoms with Crippen LogP contribution in [0.15, 0.2) is 6.20 Å². The van der Waals surface area contributed by atoms with E-state index in [1.54, 1.807) is 6.20 Å². The summed E-state index contributed by atoms with van der Waals surface area (Å²) in [6.07, 6.45) is 8.60. The van der Waals surface area contributed by atoms with E-state index in [1.165, 1.54) is 25.7 Å². The van der Waals surface area contributed by atoms with Gasteiger partial charge in [0.05, 0.1) is 17.8 Å². The zero-order chi connectivity index (χ0) is 14.8. The summed E-state index contributed by atoms with van der Waals surface area (Å²) in [5.41, 5.74) is 1.73. The molecule has 21 heavy (non-hydrogen) atoms. The van der Waals surface area contributed by atoms with Crippen molar-refractivity contribution >= 4 is 5.91 Å². The van der Waals surface area contributed by atoms with Crippen LogP contribution in [0.3, 0.4) is 0 Å². The molecule has 2 aliphatic rings. The minimum atomic E-state index is 0.0786. The lowest BCUT2D eigenvalue weighted by Crippen LogP contribution is -2.41. The molecule has 116 valence electrons. The number of aliphatic hydroxyl groups excluding tert-OH is 1. The molecule has 3 rings (SSSR count). The number of aromatic nitrogens is 2. The summed E-state index contributed by atoms with van der Waals surface area (Å²) in [5, 5.41) is 13.8. The Morgan fingerprint density at radius 2 is 2.10 bits per heavy atom. The Bertz CT molecular complexity index is 506. The molecule has 1 saturated carbocycles. The van der Waals surface area contributed by atoms with Crippen molar-refractivity contribution in [2.24, 2.45) is 5.92 Å². The molecular weight excluding hydrogens is 266 g/mol. The summed E-state index contributed by atoms with van der Waals surface area (Å²) < 4.78 is 2.05. The van der Waals surface area contributed by atoms with Crippen molar-refractivity contribution in [3.8, 4) is 0 Å². The van der Waals surface area contributed by atoms with Crippen LogP contribution in [0, 0.1) is 12.8 Å². The van der Waals surface area contributed by atoms with Gasteiger partial charge in [-0.2, -0.15) is 5.10 Å². The van der Waals surface area contributed by atoms with Gasteiger partial charge in [-0.3, -0.25) is 9.48 Å². The molecule has 0 spiro atoms. The van der Waals surface area contributed by atoms with Gasteiger partial charge in [0.25, 0.3) is 5.91 Å². The fourth-order valence-electron chi connectivity index (χ4n) is 3.72. The highest BCUT2D eigenvalue weighted by molar-refractivity contribution is 5.95. The molecule has 1 atom stereocenters. The second-order valence-corrected chi connectivity index (χ2v) is 6.47. The van der Waals surface area contributed by atoms with Gasteiger partial charge < -0.3 is 10.0 Å². The van der Waals surface area contributed by atoms with Gasteiger partial charge in [0.2, 0.25) is 0 Å². The van der Waals surface area contributed by atoms with Crippen molar-refractivity contribution in [3.05, 3.63) is 17.5 Å². The number of likely N-dealkylation sites (tertiary alicyclic amines) is 1. The van der Waals surface area contributed by atoms with Gasteiger partial charge in [-0.05, 0) is 38.5 Å². The topological polar surface area (TPSA) is 58.4 Å². The molecule has 1 aliphatic heterocycles. The van der Waals surface area contributed by atoms with Gasteiger partial charge in [0, 0.05) is 25.4 Å². The Kier molecular flexibility index (Phi) is 4.29. The molecule has 2 fully saturated rings. The van der Waals surface area contributed by atoms with Gasteiger partial charge in [0.1, 0.15) is 0 Å². The molecule has 0 aromatic carbocycles. The van der Waals surface area contributed by atoms with Crippen LogP contribution in [0.4, 0.5) is 0 Å². The van der Waals surface area contributed by atoms with E-state index in [0.29, 0.717) is 12.6 Å². The van der Waals surface area contributed by atoms with E-state index in [2.05, 4.69) is 5.10 Å². The average Bonchev–Trinajstić information content (AvgIpc) is 3.16. The maximum absolute atomic E-state index is 12.7. The van der Waals surface area contributed by atoms with E-state index in [1.807, 2.05) is 16.5 Å². The molecule has 5 nitrogen and oxygen atoms in total. The minimum Gasteiger partial charge on any atom is -0.396 e. The quantitative estimate of drug-likeness (QED) is 0.928. The number of aliphatic hydroxyl groups is 1. The van der Waals surface area contributed by atoms with Gasteiger partial charge in [-0.1, -0.05) is 12.8 Å². The van der Waals surface area contributed by atoms with Gasteiger partial charge in [0.15, 0.2) is 0 Å². The molecule has 1 aliphatic carbocycles. The summed E-state index contributed by atoms with van der Waals surface area (Å²) in [6, 6.07) is 0.470. The van der Waals surface area contributed by atoms with Crippen LogP contribution in [0.2, 0.25) is 0 Å². The van der Waals surface area contributed by atoms with Crippen molar-refractivity contribution in [2.75, 3.05) is 19.7 Å². The second-order valence-electron chi connectivity index (χ2n) is 6.47. The lowest BCUT2D eigenvalue weighted by Gasteiger charge is -2.31. The molecule has 0 radical (unpaired) electrons. The summed E-state index contributed by atoms with van der Waals surface area (Å²) in [4.78, 5) is 14.6. The van der Waals surface area contributed by atoms with Crippen LogP contribution in [0.25, 0.3) is 0 Å². The lowest BCUT2D eigenvalue weighted by molar-refractivity contribution is 0.0620. The summed E-state index contributed by atoms with van der Waals surface area (Å²) in [7, 11) is 0. The first-order chi connectivity index (χ1) is 10.2. The maximum atomic E-state index is 12.7. The van der Waals surface area contributed by atoms with E-state index in [4.69, 9.17) is 0 Å². The summed E-state index contributed by atoms with van der Waals surface area (Å²) in [6.45, 7) is 3.64. The number of hydrogen-bond donors (Lipinski definition) is 1. The summed E-state index contributed by atoms with van der Waals surface area (Å²) in [5.74, 6) is 0.308. The number of nitrogens with zero attached hydrogens (tertiary/aromatic N) is 3. The Labute approximate surface area is 125 Å². The fourth-order valence-corrected chi connectivity index (χ4v) is 3.72. The first kappa shape index (κ1) is 14.6. The predicted octanol–water partition coefficient (Wildman–Crippen LogP) is 2.15. The molecular formula is C16H25N3O2. The fraction of sp³-hybridized carbons (Fsp3) is 0.750. The van der Waals surface area contributed by atoms with Crippen LogP contribution < -0.4 is 0 Å². The third kappa shape index (κ3) is 2.84. The Morgan fingerprint density at radius 3 is 2.81 bits per heavy atom. The van der Waals surface area contributed by atoms with Crippen LogP contribution >= 0.6 is 0 Å². The molecule has 1 N–H and O–H groups in total. The highest BCUT2D eigenvalue weighted by atomic mass is 16.3. The zero-order valence-corrected chi connectivity index (χ0v) is 12.8. The number of rotatable bonds is 3. The number of carbonyl (C=O) groups excluding carboxylic acids is 1.